The van der Waals surface area contributed by atoms with Crippen molar-refractivity contribution in [3.8, 4) is 11.6 Å². The highest BCUT2D eigenvalue weighted by Crippen LogP contribution is 2.32. The highest BCUT2D eigenvalue weighted by Gasteiger charge is 2.12. The van der Waals surface area contributed by atoms with Gasteiger partial charge in [0.25, 0.3) is 5.69 Å². The Morgan fingerprint density at radius 3 is 2.76 bits per heavy atom. The zero-order valence-corrected chi connectivity index (χ0v) is 12.3. The highest BCUT2D eigenvalue weighted by molar-refractivity contribution is 6.32. The molecule has 1 aromatic heterocycles. The van der Waals surface area contributed by atoms with Crippen LogP contribution in [0.25, 0.3) is 0 Å². The van der Waals surface area contributed by atoms with Crippen molar-refractivity contribution in [2.45, 2.75) is 13.0 Å². The van der Waals surface area contributed by atoms with Crippen molar-refractivity contribution in [2.24, 2.45) is 0 Å². The van der Waals surface area contributed by atoms with Crippen molar-refractivity contribution in [3.63, 3.8) is 0 Å². The van der Waals surface area contributed by atoms with Gasteiger partial charge in [0, 0.05) is 30.4 Å². The highest BCUT2D eigenvalue weighted by atomic mass is 35.5. The zero-order valence-electron chi connectivity index (χ0n) is 11.5. The molecule has 0 amide bonds. The standard InChI is InChI=1S/C14H14ClN3O3/c1-9(16-2)10-5-6-17-14(7-10)21-13-4-3-11(18(19)20)8-12(13)15/h3-9,16H,1-2H3. The van der Waals surface area contributed by atoms with Crippen LogP contribution in [-0.2, 0) is 0 Å². The van der Waals surface area contributed by atoms with E-state index in [-0.39, 0.29) is 16.8 Å². The lowest BCUT2D eigenvalue weighted by Gasteiger charge is -2.12. The number of aromatic nitrogens is 1. The largest absolute Gasteiger partial charge is 0.437 e. The number of nitrogens with one attached hydrogen (secondary N) is 1. The Hall–Kier alpha value is -2.18. The van der Waals surface area contributed by atoms with Crippen molar-refractivity contribution in [1.82, 2.24) is 10.3 Å². The predicted octanol–water partition coefficient (Wildman–Crippen LogP) is 3.72. The first-order valence-electron chi connectivity index (χ1n) is 6.26. The molecule has 0 aliphatic heterocycles. The van der Waals surface area contributed by atoms with Crippen LogP contribution in [0.4, 0.5) is 5.69 Å². The van der Waals surface area contributed by atoms with Gasteiger partial charge in [0.15, 0.2) is 0 Å². The van der Waals surface area contributed by atoms with E-state index in [4.69, 9.17) is 16.3 Å². The van der Waals surface area contributed by atoms with Crippen molar-refractivity contribution in [3.05, 3.63) is 57.2 Å². The molecule has 0 saturated heterocycles. The van der Waals surface area contributed by atoms with Gasteiger partial charge < -0.3 is 10.1 Å². The van der Waals surface area contributed by atoms with Gasteiger partial charge in [-0.2, -0.15) is 0 Å². The number of nitro groups is 1. The summed E-state index contributed by atoms with van der Waals surface area (Å²) in [7, 11) is 1.86. The summed E-state index contributed by atoms with van der Waals surface area (Å²) in [6.45, 7) is 2.01. The molecule has 2 aromatic rings. The van der Waals surface area contributed by atoms with E-state index in [0.29, 0.717) is 11.6 Å². The van der Waals surface area contributed by atoms with Gasteiger partial charge in [-0.1, -0.05) is 11.6 Å². The van der Waals surface area contributed by atoms with E-state index >= 15 is 0 Å². The average Bonchev–Trinajstić information content (AvgIpc) is 2.48. The summed E-state index contributed by atoms with van der Waals surface area (Å²) in [5, 5.41) is 13.9. The van der Waals surface area contributed by atoms with Crippen LogP contribution in [0.3, 0.4) is 0 Å². The molecule has 2 rings (SSSR count). The van der Waals surface area contributed by atoms with E-state index in [9.17, 15) is 10.1 Å². The fraction of sp³-hybridized carbons (Fsp3) is 0.214. The number of non-ortho nitro benzene ring substituents is 1. The molecular formula is C14H14ClN3O3. The fourth-order valence-electron chi connectivity index (χ4n) is 1.72. The second kappa shape index (κ2) is 6.51. The number of halogens is 1. The number of ether oxygens (including phenoxy) is 1. The summed E-state index contributed by atoms with van der Waals surface area (Å²) in [5.74, 6) is 0.703. The average molecular weight is 308 g/mol. The molecule has 1 heterocycles. The minimum Gasteiger partial charge on any atom is -0.437 e. The van der Waals surface area contributed by atoms with E-state index in [1.54, 1.807) is 12.3 Å². The van der Waals surface area contributed by atoms with E-state index < -0.39 is 4.92 Å². The smallest absolute Gasteiger partial charge is 0.271 e. The molecule has 110 valence electrons. The fourth-order valence-corrected chi connectivity index (χ4v) is 1.93. The number of hydrogen-bond donors (Lipinski definition) is 1. The number of rotatable bonds is 5. The Balaban J connectivity index is 2.24. The molecular weight excluding hydrogens is 294 g/mol. The molecule has 0 radical (unpaired) electrons. The molecule has 0 saturated carbocycles. The lowest BCUT2D eigenvalue weighted by molar-refractivity contribution is -0.384. The minimum absolute atomic E-state index is 0.0853. The van der Waals surface area contributed by atoms with Crippen LogP contribution in [0.5, 0.6) is 11.6 Å². The summed E-state index contributed by atoms with van der Waals surface area (Å²) in [6, 6.07) is 7.86. The van der Waals surface area contributed by atoms with E-state index in [0.717, 1.165) is 5.56 Å². The van der Waals surface area contributed by atoms with Crippen LogP contribution in [0, 0.1) is 10.1 Å². The van der Waals surface area contributed by atoms with Gasteiger partial charge in [0.1, 0.15) is 5.75 Å². The molecule has 1 unspecified atom stereocenters. The number of benzene rings is 1. The zero-order chi connectivity index (χ0) is 15.4. The second-order valence-electron chi connectivity index (χ2n) is 4.41. The van der Waals surface area contributed by atoms with Gasteiger partial charge >= 0.3 is 0 Å². The summed E-state index contributed by atoms with van der Waals surface area (Å²) in [6.07, 6.45) is 1.64. The van der Waals surface area contributed by atoms with E-state index in [1.807, 2.05) is 20.0 Å². The summed E-state index contributed by atoms with van der Waals surface area (Å²) >= 11 is 5.98. The topological polar surface area (TPSA) is 77.3 Å². The molecule has 0 bridgehead atoms. The third-order valence-corrected chi connectivity index (χ3v) is 3.33. The molecule has 0 aliphatic carbocycles. The number of nitro benzene ring substituents is 1. The first-order valence-corrected chi connectivity index (χ1v) is 6.64. The van der Waals surface area contributed by atoms with Crippen molar-refractivity contribution < 1.29 is 9.66 Å². The maximum Gasteiger partial charge on any atom is 0.271 e. The normalized spacial score (nSPS) is 12.0. The van der Waals surface area contributed by atoms with Crippen LogP contribution in [0.15, 0.2) is 36.5 Å². The van der Waals surface area contributed by atoms with Gasteiger partial charge in [-0.05, 0) is 31.7 Å². The number of hydrogen-bond acceptors (Lipinski definition) is 5. The Labute approximate surface area is 126 Å². The Morgan fingerprint density at radius 1 is 1.38 bits per heavy atom. The van der Waals surface area contributed by atoms with Crippen molar-refractivity contribution >= 4 is 17.3 Å². The molecule has 0 spiro atoms. The van der Waals surface area contributed by atoms with Gasteiger partial charge in [0.05, 0.1) is 9.95 Å². The Bertz CT molecular complexity index is 664. The van der Waals surface area contributed by atoms with Gasteiger partial charge in [-0.3, -0.25) is 10.1 Å². The van der Waals surface area contributed by atoms with E-state index in [1.165, 1.54) is 18.2 Å². The molecule has 1 N–H and O–H groups in total. The third kappa shape index (κ3) is 3.68. The SMILES string of the molecule is CNC(C)c1ccnc(Oc2ccc([N+](=O)[O-])cc2Cl)c1. The summed E-state index contributed by atoms with van der Waals surface area (Å²) in [5.41, 5.74) is 0.929. The Kier molecular flexibility index (Phi) is 4.72. The quantitative estimate of drug-likeness (QED) is 0.673. The molecule has 6 nitrogen and oxygen atoms in total. The van der Waals surface area contributed by atoms with Crippen LogP contribution < -0.4 is 10.1 Å². The number of nitrogens with zero attached hydrogens (tertiary/aromatic N) is 2. The minimum atomic E-state index is -0.511. The van der Waals surface area contributed by atoms with Crippen LogP contribution in [0.2, 0.25) is 5.02 Å². The molecule has 1 atom stereocenters. The van der Waals surface area contributed by atoms with Crippen LogP contribution >= 0.6 is 11.6 Å². The monoisotopic (exact) mass is 307 g/mol. The van der Waals surface area contributed by atoms with E-state index in [2.05, 4.69) is 10.3 Å². The van der Waals surface area contributed by atoms with Gasteiger partial charge in [-0.25, -0.2) is 4.98 Å². The molecule has 0 aliphatic rings. The predicted molar refractivity (Wildman–Crippen MR) is 79.9 cm³/mol. The molecule has 7 heteroatoms. The van der Waals surface area contributed by atoms with Gasteiger partial charge in [-0.15, -0.1) is 0 Å². The molecule has 21 heavy (non-hydrogen) atoms. The molecule has 0 fully saturated rings. The third-order valence-electron chi connectivity index (χ3n) is 3.03. The number of pyridine rings is 1. The second-order valence-corrected chi connectivity index (χ2v) is 4.82. The van der Waals surface area contributed by atoms with Gasteiger partial charge in [0.2, 0.25) is 5.88 Å². The van der Waals surface area contributed by atoms with Crippen LogP contribution in [0.1, 0.15) is 18.5 Å². The van der Waals surface area contributed by atoms with Crippen molar-refractivity contribution in [1.29, 1.82) is 0 Å². The van der Waals surface area contributed by atoms with Crippen LogP contribution in [-0.4, -0.2) is 17.0 Å². The maximum absolute atomic E-state index is 10.7. The first kappa shape index (κ1) is 15.2. The summed E-state index contributed by atoms with van der Waals surface area (Å²) < 4.78 is 5.59. The first-order chi connectivity index (χ1) is 10.0. The Morgan fingerprint density at radius 2 is 2.14 bits per heavy atom. The lowest BCUT2D eigenvalue weighted by atomic mass is 10.1. The van der Waals surface area contributed by atoms with Crippen molar-refractivity contribution in [2.75, 3.05) is 7.05 Å². The maximum atomic E-state index is 10.7. The summed E-state index contributed by atoms with van der Waals surface area (Å²) in [4.78, 5) is 14.3. The lowest BCUT2D eigenvalue weighted by Crippen LogP contribution is -2.12. The molecule has 1 aromatic carbocycles.